The Hall–Kier alpha value is -2.60. The van der Waals surface area contributed by atoms with Crippen molar-refractivity contribution >= 4 is 39.3 Å². The maximum absolute atomic E-state index is 13.3. The van der Waals surface area contributed by atoms with E-state index in [0.29, 0.717) is 29.4 Å². The zero-order valence-electron chi connectivity index (χ0n) is 16.5. The van der Waals surface area contributed by atoms with E-state index < -0.39 is 0 Å². The Labute approximate surface area is 179 Å². The van der Waals surface area contributed by atoms with Crippen molar-refractivity contribution < 1.29 is 14.3 Å². The van der Waals surface area contributed by atoms with Crippen LogP contribution >= 0.6 is 15.9 Å². The normalized spacial score (nSPS) is 17.5. The third kappa shape index (κ3) is 3.94. The summed E-state index contributed by atoms with van der Waals surface area (Å²) in [6.45, 7) is 2.63. The summed E-state index contributed by atoms with van der Waals surface area (Å²) in [4.78, 5) is 19.7. The fraction of sp³-hybridized carbons (Fsp3) is 0.304. The standard InChI is InChI=1S/C23H23BrN2O3/c1-15-4-6-16(7-5-15)17-10-18-13-25-20-12-22(29-9-3-8-24)21(28-2)11-19(20)23(27)26(18)14-17/h4-7,11-14,18H,3,8-10H2,1-2H3/t18-/m0/s1. The first kappa shape index (κ1) is 19.7. The zero-order valence-corrected chi connectivity index (χ0v) is 18.1. The summed E-state index contributed by atoms with van der Waals surface area (Å²) < 4.78 is 11.3. The van der Waals surface area contributed by atoms with Crippen molar-refractivity contribution in [1.29, 1.82) is 0 Å². The van der Waals surface area contributed by atoms with Gasteiger partial charge < -0.3 is 14.4 Å². The lowest BCUT2D eigenvalue weighted by Gasteiger charge is -2.19. The van der Waals surface area contributed by atoms with E-state index in [0.717, 1.165) is 29.3 Å². The minimum Gasteiger partial charge on any atom is -0.493 e. The van der Waals surface area contributed by atoms with Crippen LogP contribution in [0.4, 0.5) is 5.69 Å². The van der Waals surface area contributed by atoms with Crippen molar-refractivity contribution in [3.8, 4) is 11.5 Å². The second kappa shape index (κ2) is 8.41. The van der Waals surface area contributed by atoms with Crippen molar-refractivity contribution in [3.05, 3.63) is 59.3 Å². The maximum Gasteiger partial charge on any atom is 0.260 e. The summed E-state index contributed by atoms with van der Waals surface area (Å²) in [7, 11) is 1.58. The highest BCUT2D eigenvalue weighted by molar-refractivity contribution is 9.09. The van der Waals surface area contributed by atoms with Gasteiger partial charge in [0.15, 0.2) is 11.5 Å². The van der Waals surface area contributed by atoms with Gasteiger partial charge in [0.1, 0.15) is 0 Å². The van der Waals surface area contributed by atoms with Crippen LogP contribution in [0, 0.1) is 6.92 Å². The molecule has 2 aromatic carbocycles. The van der Waals surface area contributed by atoms with E-state index in [-0.39, 0.29) is 11.9 Å². The average molecular weight is 455 g/mol. The molecule has 1 amide bonds. The first-order valence-electron chi connectivity index (χ1n) is 9.66. The molecule has 0 bridgehead atoms. The lowest BCUT2D eigenvalue weighted by molar-refractivity contribution is 0.0817. The summed E-state index contributed by atoms with van der Waals surface area (Å²) in [6.07, 6.45) is 5.44. The topological polar surface area (TPSA) is 51.1 Å². The van der Waals surface area contributed by atoms with Gasteiger partial charge in [-0.15, -0.1) is 0 Å². The second-order valence-corrected chi connectivity index (χ2v) is 7.99. The fourth-order valence-electron chi connectivity index (χ4n) is 3.58. The number of halogens is 1. The van der Waals surface area contributed by atoms with E-state index in [2.05, 4.69) is 52.1 Å². The number of carbonyl (C=O) groups is 1. The molecule has 29 heavy (non-hydrogen) atoms. The highest BCUT2D eigenvalue weighted by atomic mass is 79.9. The van der Waals surface area contributed by atoms with Crippen LogP contribution in [-0.4, -0.2) is 42.1 Å². The van der Waals surface area contributed by atoms with Crippen LogP contribution in [-0.2, 0) is 0 Å². The van der Waals surface area contributed by atoms with Crippen LogP contribution < -0.4 is 9.47 Å². The molecule has 0 saturated heterocycles. The first-order valence-corrected chi connectivity index (χ1v) is 10.8. The van der Waals surface area contributed by atoms with Crippen LogP contribution in [0.2, 0.25) is 0 Å². The molecule has 0 saturated carbocycles. The number of benzene rings is 2. The molecule has 6 heteroatoms. The number of hydrogen-bond acceptors (Lipinski definition) is 4. The predicted octanol–water partition coefficient (Wildman–Crippen LogP) is 5.14. The highest BCUT2D eigenvalue weighted by Gasteiger charge is 2.33. The smallest absolute Gasteiger partial charge is 0.260 e. The van der Waals surface area contributed by atoms with Gasteiger partial charge in [-0.1, -0.05) is 45.8 Å². The second-order valence-electron chi connectivity index (χ2n) is 7.19. The number of ether oxygens (including phenoxy) is 2. The van der Waals surface area contributed by atoms with Gasteiger partial charge in [-0.3, -0.25) is 9.79 Å². The molecule has 1 atom stereocenters. The molecule has 0 radical (unpaired) electrons. The number of alkyl halides is 1. The first-order chi connectivity index (χ1) is 14.1. The monoisotopic (exact) mass is 454 g/mol. The molecule has 0 unspecified atom stereocenters. The number of nitrogens with zero attached hydrogens (tertiary/aromatic N) is 2. The van der Waals surface area contributed by atoms with Crippen molar-refractivity contribution in [2.24, 2.45) is 4.99 Å². The Balaban J connectivity index is 1.65. The van der Waals surface area contributed by atoms with Gasteiger partial charge in [-0.25, -0.2) is 0 Å². The quantitative estimate of drug-likeness (QED) is 0.448. The van der Waals surface area contributed by atoms with E-state index in [1.165, 1.54) is 5.56 Å². The van der Waals surface area contributed by atoms with Gasteiger partial charge in [-0.2, -0.15) is 0 Å². The highest BCUT2D eigenvalue weighted by Crippen LogP contribution is 2.39. The summed E-state index contributed by atoms with van der Waals surface area (Å²) >= 11 is 3.40. The van der Waals surface area contributed by atoms with Gasteiger partial charge in [0.2, 0.25) is 0 Å². The van der Waals surface area contributed by atoms with E-state index >= 15 is 0 Å². The number of methoxy groups -OCH3 is 1. The molecule has 0 aliphatic carbocycles. The van der Waals surface area contributed by atoms with Gasteiger partial charge in [0.05, 0.1) is 31.0 Å². The third-order valence-electron chi connectivity index (χ3n) is 5.17. The Morgan fingerprint density at radius 2 is 2.00 bits per heavy atom. The molecular formula is C23H23BrN2O3. The molecule has 0 fully saturated rings. The number of amides is 1. The summed E-state index contributed by atoms with van der Waals surface area (Å²) in [6, 6.07) is 11.8. The number of rotatable bonds is 6. The Morgan fingerprint density at radius 1 is 1.21 bits per heavy atom. The zero-order chi connectivity index (χ0) is 20.4. The molecule has 2 aliphatic heterocycles. The van der Waals surface area contributed by atoms with Crippen LogP contribution in [0.1, 0.15) is 34.3 Å². The SMILES string of the molecule is COc1cc2c(cc1OCCCBr)N=C[C@@H]1CC(c3ccc(C)cc3)=CN1C2=O. The molecular weight excluding hydrogens is 432 g/mol. The third-order valence-corrected chi connectivity index (χ3v) is 5.73. The van der Waals surface area contributed by atoms with Gasteiger partial charge in [0, 0.05) is 30.2 Å². The molecule has 2 heterocycles. The minimum atomic E-state index is -0.0880. The molecule has 0 aromatic heterocycles. The van der Waals surface area contributed by atoms with Crippen LogP contribution in [0.5, 0.6) is 11.5 Å². The minimum absolute atomic E-state index is 0.0741. The van der Waals surface area contributed by atoms with E-state index in [1.54, 1.807) is 24.1 Å². The van der Waals surface area contributed by atoms with Crippen molar-refractivity contribution in [3.63, 3.8) is 0 Å². The number of aryl methyl sites for hydroxylation is 1. The average Bonchev–Trinajstić information content (AvgIpc) is 3.11. The predicted molar refractivity (Wildman–Crippen MR) is 119 cm³/mol. The molecule has 2 aromatic rings. The number of hydrogen-bond donors (Lipinski definition) is 0. The Morgan fingerprint density at radius 3 is 2.72 bits per heavy atom. The summed E-state index contributed by atoms with van der Waals surface area (Å²) in [5.74, 6) is 1.08. The largest absolute Gasteiger partial charge is 0.493 e. The van der Waals surface area contributed by atoms with Crippen molar-refractivity contribution in [2.75, 3.05) is 19.0 Å². The Kier molecular flexibility index (Phi) is 5.72. The van der Waals surface area contributed by atoms with Crippen LogP contribution in [0.25, 0.3) is 5.57 Å². The molecule has 4 rings (SSSR count). The fourth-order valence-corrected chi connectivity index (χ4v) is 3.80. The lowest BCUT2D eigenvalue weighted by Crippen LogP contribution is -2.32. The van der Waals surface area contributed by atoms with Crippen molar-refractivity contribution in [2.45, 2.75) is 25.8 Å². The molecule has 2 aliphatic rings. The number of aliphatic imine (C=N–C) groups is 1. The van der Waals surface area contributed by atoms with Gasteiger partial charge >= 0.3 is 0 Å². The van der Waals surface area contributed by atoms with Gasteiger partial charge in [0.25, 0.3) is 5.91 Å². The molecule has 5 nitrogen and oxygen atoms in total. The Bertz CT molecular complexity index is 982. The molecule has 0 N–H and O–H groups in total. The van der Waals surface area contributed by atoms with Crippen LogP contribution in [0.15, 0.2) is 47.6 Å². The van der Waals surface area contributed by atoms with E-state index in [9.17, 15) is 4.79 Å². The summed E-state index contributed by atoms with van der Waals surface area (Å²) in [5, 5.41) is 0.864. The van der Waals surface area contributed by atoms with Gasteiger partial charge in [-0.05, 0) is 30.5 Å². The molecule has 150 valence electrons. The van der Waals surface area contributed by atoms with Crippen molar-refractivity contribution in [1.82, 2.24) is 4.90 Å². The lowest BCUT2D eigenvalue weighted by atomic mass is 10.0. The molecule has 0 spiro atoms. The number of carbonyl (C=O) groups excluding carboxylic acids is 1. The maximum atomic E-state index is 13.3. The number of fused-ring (bicyclic) bond motifs is 2. The van der Waals surface area contributed by atoms with E-state index in [4.69, 9.17) is 9.47 Å². The summed E-state index contributed by atoms with van der Waals surface area (Å²) in [5.41, 5.74) is 4.63. The van der Waals surface area contributed by atoms with E-state index in [1.807, 2.05) is 12.4 Å². The van der Waals surface area contributed by atoms with Crippen LogP contribution in [0.3, 0.4) is 0 Å².